The van der Waals surface area contributed by atoms with Gasteiger partial charge in [-0.1, -0.05) is 23.7 Å². The lowest BCUT2D eigenvalue weighted by atomic mass is 10.1. The van der Waals surface area contributed by atoms with Gasteiger partial charge in [0.2, 0.25) is 5.91 Å². The van der Waals surface area contributed by atoms with Crippen molar-refractivity contribution in [2.24, 2.45) is 0 Å². The summed E-state index contributed by atoms with van der Waals surface area (Å²) >= 11 is 5.94. The molecule has 1 aromatic carbocycles. The Morgan fingerprint density at radius 3 is 2.52 bits per heavy atom. The van der Waals surface area contributed by atoms with E-state index in [4.69, 9.17) is 11.6 Å². The molecule has 1 heterocycles. The minimum atomic E-state index is -0.688. The standard InChI is InChI=1S/C16H23ClN2O2/c1-16(2,21)12-18-6-8-19(9-7-18)15(20)11-13-4-3-5-14(17)10-13/h3-5,10,21H,6-9,11-12H2,1-2H3. The Bertz CT molecular complexity index is 491. The lowest BCUT2D eigenvalue weighted by Gasteiger charge is -2.37. The van der Waals surface area contributed by atoms with Gasteiger partial charge in [-0.25, -0.2) is 0 Å². The minimum absolute atomic E-state index is 0.139. The van der Waals surface area contributed by atoms with Crippen molar-refractivity contribution in [2.45, 2.75) is 25.9 Å². The van der Waals surface area contributed by atoms with Gasteiger partial charge < -0.3 is 10.0 Å². The molecule has 0 aliphatic carbocycles. The van der Waals surface area contributed by atoms with Gasteiger partial charge in [0.05, 0.1) is 12.0 Å². The number of halogens is 1. The molecule has 0 aromatic heterocycles. The van der Waals surface area contributed by atoms with Gasteiger partial charge in [-0.05, 0) is 31.5 Å². The number of hydrogen-bond acceptors (Lipinski definition) is 3. The van der Waals surface area contributed by atoms with Crippen LogP contribution in [0.3, 0.4) is 0 Å². The second kappa shape index (κ2) is 6.77. The first kappa shape index (κ1) is 16.3. The van der Waals surface area contributed by atoms with Crippen LogP contribution in [0.1, 0.15) is 19.4 Å². The lowest BCUT2D eigenvalue weighted by molar-refractivity contribution is -0.132. The normalized spacial score (nSPS) is 17.0. The fraction of sp³-hybridized carbons (Fsp3) is 0.562. The van der Waals surface area contributed by atoms with E-state index in [1.165, 1.54) is 0 Å². The van der Waals surface area contributed by atoms with E-state index >= 15 is 0 Å². The number of β-amino-alcohol motifs (C(OH)–C–C–N with tert-alkyl or cyclic N) is 1. The molecule has 0 spiro atoms. The molecule has 0 saturated carbocycles. The number of piperazine rings is 1. The maximum Gasteiger partial charge on any atom is 0.227 e. The number of amides is 1. The van der Waals surface area contributed by atoms with E-state index in [1.807, 2.05) is 43.0 Å². The largest absolute Gasteiger partial charge is 0.389 e. The van der Waals surface area contributed by atoms with Crippen LogP contribution in [-0.4, -0.2) is 59.1 Å². The second-order valence-electron chi connectivity index (χ2n) is 6.28. The third kappa shape index (κ3) is 5.30. The molecule has 0 atom stereocenters. The quantitative estimate of drug-likeness (QED) is 0.922. The molecule has 4 nitrogen and oxygen atoms in total. The van der Waals surface area contributed by atoms with Crippen LogP contribution in [-0.2, 0) is 11.2 Å². The van der Waals surface area contributed by atoms with Gasteiger partial charge in [0.25, 0.3) is 0 Å². The summed E-state index contributed by atoms with van der Waals surface area (Å²) < 4.78 is 0. The highest BCUT2D eigenvalue weighted by Gasteiger charge is 2.24. The van der Waals surface area contributed by atoms with Crippen LogP contribution in [0.2, 0.25) is 5.02 Å². The zero-order valence-electron chi connectivity index (χ0n) is 12.7. The van der Waals surface area contributed by atoms with Crippen molar-refractivity contribution < 1.29 is 9.90 Å². The molecular formula is C16H23ClN2O2. The molecule has 1 fully saturated rings. The summed E-state index contributed by atoms with van der Waals surface area (Å²) in [5, 5.41) is 10.5. The maximum absolute atomic E-state index is 12.3. The number of carbonyl (C=O) groups excluding carboxylic acids is 1. The zero-order valence-corrected chi connectivity index (χ0v) is 13.4. The van der Waals surface area contributed by atoms with Crippen molar-refractivity contribution in [1.29, 1.82) is 0 Å². The number of rotatable bonds is 4. The predicted octanol–water partition coefficient (Wildman–Crippen LogP) is 1.80. The van der Waals surface area contributed by atoms with E-state index in [1.54, 1.807) is 0 Å². The highest BCUT2D eigenvalue weighted by molar-refractivity contribution is 6.30. The van der Waals surface area contributed by atoms with Gasteiger partial charge in [-0.15, -0.1) is 0 Å². The van der Waals surface area contributed by atoms with Gasteiger partial charge in [-0.3, -0.25) is 9.69 Å². The number of aliphatic hydroxyl groups is 1. The third-order valence-corrected chi connectivity index (χ3v) is 3.82. The summed E-state index contributed by atoms with van der Waals surface area (Å²) in [6.07, 6.45) is 0.395. The molecule has 5 heteroatoms. The summed E-state index contributed by atoms with van der Waals surface area (Å²) in [7, 11) is 0. The summed E-state index contributed by atoms with van der Waals surface area (Å²) in [4.78, 5) is 16.4. The molecule has 1 saturated heterocycles. The van der Waals surface area contributed by atoms with Crippen LogP contribution in [0.25, 0.3) is 0 Å². The average molecular weight is 311 g/mol. The van der Waals surface area contributed by atoms with Crippen molar-refractivity contribution in [3.8, 4) is 0 Å². The molecule has 21 heavy (non-hydrogen) atoms. The molecular weight excluding hydrogens is 288 g/mol. The molecule has 1 aliphatic rings. The monoisotopic (exact) mass is 310 g/mol. The van der Waals surface area contributed by atoms with Gasteiger partial charge >= 0.3 is 0 Å². The van der Waals surface area contributed by atoms with Gasteiger partial charge in [0.15, 0.2) is 0 Å². The Morgan fingerprint density at radius 2 is 1.95 bits per heavy atom. The minimum Gasteiger partial charge on any atom is -0.389 e. The molecule has 0 radical (unpaired) electrons. The van der Waals surface area contributed by atoms with E-state index < -0.39 is 5.60 Å². The van der Waals surface area contributed by atoms with Crippen molar-refractivity contribution in [3.63, 3.8) is 0 Å². The summed E-state index contributed by atoms with van der Waals surface area (Å²) in [6, 6.07) is 7.44. The molecule has 0 unspecified atom stereocenters. The SMILES string of the molecule is CC(C)(O)CN1CCN(C(=O)Cc2cccc(Cl)c2)CC1. The van der Waals surface area contributed by atoms with E-state index in [9.17, 15) is 9.90 Å². The van der Waals surface area contributed by atoms with Gasteiger partial charge in [0.1, 0.15) is 0 Å². The topological polar surface area (TPSA) is 43.8 Å². The van der Waals surface area contributed by atoms with Crippen LogP contribution < -0.4 is 0 Å². The molecule has 1 amide bonds. The van der Waals surface area contributed by atoms with Crippen LogP contribution >= 0.6 is 11.6 Å². The van der Waals surface area contributed by atoms with E-state index in [0.29, 0.717) is 18.0 Å². The average Bonchev–Trinajstić information content (AvgIpc) is 2.37. The molecule has 116 valence electrons. The molecule has 1 aromatic rings. The fourth-order valence-corrected chi connectivity index (χ4v) is 2.85. The van der Waals surface area contributed by atoms with Gasteiger partial charge in [0, 0.05) is 37.7 Å². The Balaban J connectivity index is 1.83. The van der Waals surface area contributed by atoms with E-state index in [0.717, 1.165) is 31.7 Å². The second-order valence-corrected chi connectivity index (χ2v) is 6.71. The van der Waals surface area contributed by atoms with Crippen molar-refractivity contribution in [2.75, 3.05) is 32.7 Å². The number of carbonyl (C=O) groups is 1. The maximum atomic E-state index is 12.3. The molecule has 1 N–H and O–H groups in total. The summed E-state index contributed by atoms with van der Waals surface area (Å²) in [5.41, 5.74) is 0.263. The molecule has 0 bridgehead atoms. The Kier molecular flexibility index (Phi) is 5.25. The highest BCUT2D eigenvalue weighted by Crippen LogP contribution is 2.13. The van der Waals surface area contributed by atoms with Crippen LogP contribution in [0, 0.1) is 0 Å². The Hall–Kier alpha value is -1.10. The summed E-state index contributed by atoms with van der Waals surface area (Å²) in [6.45, 7) is 7.32. The number of nitrogens with zero attached hydrogens (tertiary/aromatic N) is 2. The van der Waals surface area contributed by atoms with E-state index in [-0.39, 0.29) is 5.91 Å². The Morgan fingerprint density at radius 1 is 1.29 bits per heavy atom. The van der Waals surface area contributed by atoms with Crippen LogP contribution in [0.15, 0.2) is 24.3 Å². The fourth-order valence-electron chi connectivity index (χ4n) is 2.64. The first-order valence-electron chi connectivity index (χ1n) is 7.30. The first-order chi connectivity index (χ1) is 9.83. The highest BCUT2D eigenvalue weighted by atomic mass is 35.5. The van der Waals surface area contributed by atoms with Crippen molar-refractivity contribution in [1.82, 2.24) is 9.80 Å². The zero-order chi connectivity index (χ0) is 15.5. The third-order valence-electron chi connectivity index (χ3n) is 3.58. The molecule has 2 rings (SSSR count). The molecule has 1 aliphatic heterocycles. The Labute approximate surface area is 131 Å². The van der Waals surface area contributed by atoms with E-state index in [2.05, 4.69) is 4.90 Å². The first-order valence-corrected chi connectivity index (χ1v) is 7.68. The lowest BCUT2D eigenvalue weighted by Crippen LogP contribution is -2.52. The van der Waals surface area contributed by atoms with Crippen LogP contribution in [0.4, 0.5) is 0 Å². The smallest absolute Gasteiger partial charge is 0.227 e. The number of benzene rings is 1. The predicted molar refractivity (Wildman–Crippen MR) is 84.5 cm³/mol. The van der Waals surface area contributed by atoms with Crippen molar-refractivity contribution >= 4 is 17.5 Å². The van der Waals surface area contributed by atoms with Gasteiger partial charge in [-0.2, -0.15) is 0 Å². The number of hydrogen-bond donors (Lipinski definition) is 1. The summed E-state index contributed by atoms with van der Waals surface area (Å²) in [5.74, 6) is 0.139. The van der Waals surface area contributed by atoms with Crippen molar-refractivity contribution in [3.05, 3.63) is 34.9 Å². The van der Waals surface area contributed by atoms with Crippen LogP contribution in [0.5, 0.6) is 0 Å².